The van der Waals surface area contributed by atoms with Gasteiger partial charge in [0.2, 0.25) is 5.78 Å². The molecule has 0 fully saturated rings. The Hall–Kier alpha value is -2.62. The fourth-order valence-corrected chi connectivity index (χ4v) is 2.09. The van der Waals surface area contributed by atoms with Crippen molar-refractivity contribution in [1.82, 2.24) is 0 Å². The molecule has 1 unspecified atom stereocenters. The van der Waals surface area contributed by atoms with Gasteiger partial charge in [0.1, 0.15) is 5.75 Å². The molecule has 23 heavy (non-hydrogen) atoms. The number of carbonyl (C=O) groups excluding carboxylic acids is 2. The lowest BCUT2D eigenvalue weighted by Crippen LogP contribution is -2.27. The number of ether oxygens (including phenoxy) is 2. The molecule has 0 aliphatic carbocycles. The van der Waals surface area contributed by atoms with Crippen molar-refractivity contribution in [3.05, 3.63) is 65.7 Å². The minimum absolute atomic E-state index is 0.224. The minimum atomic E-state index is -0.837. The van der Waals surface area contributed by atoms with Crippen LogP contribution in [0.25, 0.3) is 0 Å². The van der Waals surface area contributed by atoms with E-state index in [4.69, 9.17) is 9.47 Å². The zero-order valence-electron chi connectivity index (χ0n) is 13.3. The number of benzene rings is 2. The maximum Gasteiger partial charge on any atom is 0.344 e. The number of carbonyl (C=O) groups is 2. The van der Waals surface area contributed by atoms with Crippen molar-refractivity contribution in [2.45, 2.75) is 26.4 Å². The molecule has 0 N–H and O–H groups in total. The fourth-order valence-electron chi connectivity index (χ4n) is 2.09. The summed E-state index contributed by atoms with van der Waals surface area (Å²) in [7, 11) is 0. The summed E-state index contributed by atoms with van der Waals surface area (Å²) in [5.74, 6) is -0.200. The van der Waals surface area contributed by atoms with Gasteiger partial charge in [0.25, 0.3) is 0 Å². The van der Waals surface area contributed by atoms with E-state index in [9.17, 15) is 9.59 Å². The molecule has 2 aromatic rings. The van der Waals surface area contributed by atoms with Crippen molar-refractivity contribution < 1.29 is 19.1 Å². The summed E-state index contributed by atoms with van der Waals surface area (Å²) in [6.07, 6.45) is 0.109. The van der Waals surface area contributed by atoms with E-state index < -0.39 is 12.1 Å². The Bertz CT molecular complexity index is 647. The van der Waals surface area contributed by atoms with Gasteiger partial charge in [-0.2, -0.15) is 0 Å². The molecule has 0 saturated heterocycles. The quantitative estimate of drug-likeness (QED) is 0.580. The first-order valence-corrected chi connectivity index (χ1v) is 7.60. The highest BCUT2D eigenvalue weighted by atomic mass is 16.6. The molecule has 0 spiro atoms. The molecule has 0 aliphatic rings. The van der Waals surface area contributed by atoms with Crippen LogP contribution in [0.1, 0.15) is 29.8 Å². The fraction of sp³-hybridized carbons (Fsp3) is 0.263. The molecule has 4 nitrogen and oxygen atoms in total. The van der Waals surface area contributed by atoms with Crippen molar-refractivity contribution in [1.29, 1.82) is 0 Å². The molecule has 0 bridgehead atoms. The largest absolute Gasteiger partial charge is 0.482 e. The maximum atomic E-state index is 12.1. The van der Waals surface area contributed by atoms with E-state index >= 15 is 0 Å². The van der Waals surface area contributed by atoms with E-state index in [-0.39, 0.29) is 12.4 Å². The van der Waals surface area contributed by atoms with Crippen LogP contribution in [0, 0.1) is 0 Å². The Kier molecular flexibility index (Phi) is 5.92. The Morgan fingerprint density at radius 2 is 1.65 bits per heavy atom. The lowest BCUT2D eigenvalue weighted by atomic mass is 10.1. The molecule has 0 radical (unpaired) electrons. The summed E-state index contributed by atoms with van der Waals surface area (Å²) in [5, 5.41) is 0. The van der Waals surface area contributed by atoms with Crippen LogP contribution < -0.4 is 4.74 Å². The van der Waals surface area contributed by atoms with Gasteiger partial charge in [0, 0.05) is 5.56 Å². The Balaban J connectivity index is 1.83. The average Bonchev–Trinajstić information content (AvgIpc) is 2.60. The smallest absolute Gasteiger partial charge is 0.344 e. The SMILES string of the molecule is CCc1ccc(OCC(=O)OC(C)C(=O)c2ccccc2)cc1. The monoisotopic (exact) mass is 312 g/mol. The van der Waals surface area contributed by atoms with E-state index in [2.05, 4.69) is 6.92 Å². The van der Waals surface area contributed by atoms with Gasteiger partial charge in [-0.3, -0.25) is 4.79 Å². The van der Waals surface area contributed by atoms with Crippen molar-refractivity contribution >= 4 is 11.8 Å². The predicted molar refractivity (Wildman–Crippen MR) is 87.6 cm³/mol. The van der Waals surface area contributed by atoms with Crippen LogP contribution in [0.2, 0.25) is 0 Å². The van der Waals surface area contributed by atoms with Gasteiger partial charge in [-0.15, -0.1) is 0 Å². The third-order valence-electron chi connectivity index (χ3n) is 3.42. The van der Waals surface area contributed by atoms with Crippen molar-refractivity contribution in [3.63, 3.8) is 0 Å². The molecule has 2 rings (SSSR count). The van der Waals surface area contributed by atoms with Crippen LogP contribution in [0.4, 0.5) is 0 Å². The number of aryl methyl sites for hydroxylation is 1. The van der Waals surface area contributed by atoms with Crippen molar-refractivity contribution in [2.75, 3.05) is 6.61 Å². The molecular weight excluding hydrogens is 292 g/mol. The van der Waals surface area contributed by atoms with Gasteiger partial charge in [-0.1, -0.05) is 49.4 Å². The van der Waals surface area contributed by atoms with E-state index in [1.807, 2.05) is 30.3 Å². The Morgan fingerprint density at radius 1 is 1.00 bits per heavy atom. The maximum absolute atomic E-state index is 12.1. The van der Waals surface area contributed by atoms with E-state index in [0.29, 0.717) is 11.3 Å². The number of ketones is 1. The van der Waals surface area contributed by atoms with Gasteiger partial charge in [-0.25, -0.2) is 4.79 Å². The average molecular weight is 312 g/mol. The summed E-state index contributed by atoms with van der Waals surface area (Å²) in [6.45, 7) is 3.40. The van der Waals surface area contributed by atoms with Gasteiger partial charge < -0.3 is 9.47 Å². The number of rotatable bonds is 7. The van der Waals surface area contributed by atoms with Crippen molar-refractivity contribution in [2.24, 2.45) is 0 Å². The summed E-state index contributed by atoms with van der Waals surface area (Å²) >= 11 is 0. The number of Topliss-reactive ketones (excluding diaryl/α,β-unsaturated/α-hetero) is 1. The normalized spacial score (nSPS) is 11.6. The van der Waals surface area contributed by atoms with Crippen LogP contribution in [-0.4, -0.2) is 24.5 Å². The third-order valence-corrected chi connectivity index (χ3v) is 3.42. The zero-order chi connectivity index (χ0) is 16.7. The van der Waals surface area contributed by atoms with Gasteiger partial charge in [0.15, 0.2) is 12.7 Å². The highest BCUT2D eigenvalue weighted by Crippen LogP contribution is 2.13. The molecule has 0 aromatic heterocycles. The Morgan fingerprint density at radius 3 is 2.26 bits per heavy atom. The molecule has 2 aromatic carbocycles. The Labute approximate surface area is 136 Å². The highest BCUT2D eigenvalue weighted by Gasteiger charge is 2.19. The molecule has 0 aliphatic heterocycles. The molecule has 120 valence electrons. The standard InChI is InChI=1S/C19H20O4/c1-3-15-9-11-17(12-10-15)22-13-18(20)23-14(2)19(21)16-7-5-4-6-8-16/h4-12,14H,3,13H2,1-2H3. The number of hydrogen-bond acceptors (Lipinski definition) is 4. The lowest BCUT2D eigenvalue weighted by Gasteiger charge is -2.13. The van der Waals surface area contributed by atoms with Gasteiger partial charge in [0.05, 0.1) is 0 Å². The summed E-state index contributed by atoms with van der Waals surface area (Å²) < 4.78 is 10.5. The lowest BCUT2D eigenvalue weighted by molar-refractivity contribution is -0.148. The van der Waals surface area contributed by atoms with Crippen LogP contribution in [0.3, 0.4) is 0 Å². The predicted octanol–water partition coefficient (Wildman–Crippen LogP) is 3.44. The molecule has 1 atom stereocenters. The van der Waals surface area contributed by atoms with Crippen LogP contribution >= 0.6 is 0 Å². The van der Waals surface area contributed by atoms with Crippen molar-refractivity contribution in [3.8, 4) is 5.75 Å². The second-order valence-corrected chi connectivity index (χ2v) is 5.15. The van der Waals surface area contributed by atoms with Gasteiger partial charge in [-0.05, 0) is 31.0 Å². The zero-order valence-corrected chi connectivity index (χ0v) is 13.3. The molecule has 0 amide bonds. The second kappa shape index (κ2) is 8.13. The van der Waals surface area contributed by atoms with E-state index in [1.165, 1.54) is 5.56 Å². The molecule has 0 saturated carbocycles. The molecular formula is C19H20O4. The first-order valence-electron chi connectivity index (χ1n) is 7.60. The molecule has 4 heteroatoms. The van der Waals surface area contributed by atoms with E-state index in [0.717, 1.165) is 6.42 Å². The van der Waals surface area contributed by atoms with Crippen LogP contribution in [0.15, 0.2) is 54.6 Å². The summed E-state index contributed by atoms with van der Waals surface area (Å²) in [4.78, 5) is 23.9. The van der Waals surface area contributed by atoms with Crippen LogP contribution in [0.5, 0.6) is 5.75 Å². The summed E-state index contributed by atoms with van der Waals surface area (Å²) in [5.41, 5.74) is 1.71. The van der Waals surface area contributed by atoms with Crippen LogP contribution in [-0.2, 0) is 16.0 Å². The first-order chi connectivity index (χ1) is 11.1. The number of hydrogen-bond donors (Lipinski definition) is 0. The van der Waals surface area contributed by atoms with Gasteiger partial charge >= 0.3 is 5.97 Å². The second-order valence-electron chi connectivity index (χ2n) is 5.15. The minimum Gasteiger partial charge on any atom is -0.482 e. The third kappa shape index (κ3) is 4.95. The first kappa shape index (κ1) is 16.7. The molecule has 0 heterocycles. The summed E-state index contributed by atoms with van der Waals surface area (Å²) in [6, 6.07) is 16.3. The highest BCUT2D eigenvalue weighted by molar-refractivity contribution is 6.00. The topological polar surface area (TPSA) is 52.6 Å². The number of esters is 1. The van der Waals surface area contributed by atoms with E-state index in [1.54, 1.807) is 31.2 Å².